The second-order valence-electron chi connectivity index (χ2n) is 4.61. The molecule has 0 aliphatic rings. The van der Waals surface area contributed by atoms with E-state index >= 15 is 0 Å². The van der Waals surface area contributed by atoms with E-state index in [0.717, 1.165) is 0 Å². The molecule has 0 radical (unpaired) electrons. The van der Waals surface area contributed by atoms with Gasteiger partial charge in [0.2, 0.25) is 7.37 Å². The fourth-order valence-corrected chi connectivity index (χ4v) is 3.51. The summed E-state index contributed by atoms with van der Waals surface area (Å²) in [5.41, 5.74) is 5.24. The van der Waals surface area contributed by atoms with Gasteiger partial charge in [-0.1, -0.05) is 6.58 Å². The van der Waals surface area contributed by atoms with Crippen LogP contribution in [0, 0.1) is 5.92 Å². The molecule has 3 atom stereocenters. The molecule has 0 saturated heterocycles. The highest BCUT2D eigenvalue weighted by atomic mass is 31.2. The molecule has 0 aliphatic heterocycles. The molecule has 0 aromatic carbocycles. The van der Waals surface area contributed by atoms with Gasteiger partial charge in [-0.15, -0.1) is 0 Å². The molecule has 0 saturated carbocycles. The minimum atomic E-state index is -3.71. The van der Waals surface area contributed by atoms with Crippen LogP contribution >= 0.6 is 7.37 Å². The van der Waals surface area contributed by atoms with Crippen LogP contribution in [0.5, 0.6) is 0 Å². The van der Waals surface area contributed by atoms with Gasteiger partial charge in [-0.2, -0.15) is 0 Å². The van der Waals surface area contributed by atoms with Crippen molar-refractivity contribution in [2.75, 3.05) is 12.3 Å². The van der Waals surface area contributed by atoms with Crippen LogP contribution < -0.4 is 5.73 Å². The molecule has 0 aliphatic carbocycles. The lowest BCUT2D eigenvalue weighted by molar-refractivity contribution is -0.139. The number of aliphatic hydroxyl groups is 1. The molecule has 6 N–H and O–H groups in total. The summed E-state index contributed by atoms with van der Waals surface area (Å²) in [6, 6.07) is -1.23. The maximum absolute atomic E-state index is 11.9. The van der Waals surface area contributed by atoms with E-state index in [-0.39, 0.29) is 37.3 Å². The minimum Gasteiger partial charge on any atom is -0.513 e. The smallest absolute Gasteiger partial charge is 0.320 e. The zero-order valence-corrected chi connectivity index (χ0v) is 11.8. The largest absolute Gasteiger partial charge is 0.513 e. The summed E-state index contributed by atoms with van der Waals surface area (Å²) in [6.45, 7) is 3.25. The van der Waals surface area contributed by atoms with Gasteiger partial charge in [-0.25, -0.2) is 0 Å². The molecule has 0 amide bonds. The average molecular weight is 309 g/mol. The molecule has 0 rings (SSSR count). The van der Waals surface area contributed by atoms with Crippen LogP contribution in [0.3, 0.4) is 0 Å². The summed E-state index contributed by atoms with van der Waals surface area (Å²) >= 11 is 0. The predicted octanol–water partition coefficient (Wildman–Crippen LogP) is 0.611. The highest BCUT2D eigenvalue weighted by Gasteiger charge is 2.28. The van der Waals surface area contributed by atoms with Crippen LogP contribution in [-0.4, -0.2) is 50.5 Å². The summed E-state index contributed by atoms with van der Waals surface area (Å²) in [4.78, 5) is 30.7. The first-order chi connectivity index (χ1) is 9.05. The van der Waals surface area contributed by atoms with Gasteiger partial charge in [0.1, 0.15) is 6.04 Å². The molecule has 0 spiro atoms. The summed E-state index contributed by atoms with van der Waals surface area (Å²) < 4.78 is 11.9. The first-order valence-corrected chi connectivity index (χ1v) is 7.97. The monoisotopic (exact) mass is 309 g/mol. The van der Waals surface area contributed by atoms with Crippen molar-refractivity contribution in [2.24, 2.45) is 11.7 Å². The van der Waals surface area contributed by atoms with Crippen molar-refractivity contribution >= 4 is 19.3 Å². The molecule has 0 aromatic rings. The molecule has 0 heterocycles. The Balaban J connectivity index is 4.51. The van der Waals surface area contributed by atoms with Crippen LogP contribution in [-0.2, 0) is 14.2 Å². The van der Waals surface area contributed by atoms with Gasteiger partial charge in [0.05, 0.1) is 5.76 Å². The van der Waals surface area contributed by atoms with Crippen LogP contribution in [0.1, 0.15) is 19.3 Å². The van der Waals surface area contributed by atoms with Crippen molar-refractivity contribution < 1.29 is 34.4 Å². The SMILES string of the molecule is C=C(O)C(CCC(=O)O)CP(=O)(O)CCC(N)C(=O)O. The molecule has 20 heavy (non-hydrogen) atoms. The molecule has 116 valence electrons. The van der Waals surface area contributed by atoms with Crippen molar-refractivity contribution in [1.82, 2.24) is 0 Å². The van der Waals surface area contributed by atoms with Gasteiger partial charge in [-0.05, 0) is 12.8 Å². The standard InChI is InChI=1S/C11H20NO7P/c1-7(13)8(2-3-10(14)15)6-20(18,19)5-4-9(12)11(16)17/h8-9,13H,1-6,12H2,(H,14,15)(H,16,17)(H,18,19). The van der Waals surface area contributed by atoms with Crippen molar-refractivity contribution in [1.29, 1.82) is 0 Å². The minimum absolute atomic E-state index is 0.0137. The van der Waals surface area contributed by atoms with Gasteiger partial charge in [-0.3, -0.25) is 14.2 Å². The van der Waals surface area contributed by atoms with Gasteiger partial charge < -0.3 is 25.9 Å². The molecular formula is C11H20NO7P. The average Bonchev–Trinajstić information content (AvgIpc) is 2.30. The van der Waals surface area contributed by atoms with Crippen molar-refractivity contribution in [3.05, 3.63) is 12.3 Å². The second-order valence-corrected chi connectivity index (χ2v) is 7.11. The predicted molar refractivity (Wildman–Crippen MR) is 71.9 cm³/mol. The lowest BCUT2D eigenvalue weighted by Gasteiger charge is -2.19. The third-order valence-corrected chi connectivity index (χ3v) is 4.76. The Morgan fingerprint density at radius 1 is 1.20 bits per heavy atom. The second kappa shape index (κ2) is 8.04. The van der Waals surface area contributed by atoms with Gasteiger partial charge >= 0.3 is 11.9 Å². The summed E-state index contributed by atoms with van der Waals surface area (Å²) in [6.07, 6.45) is -1.11. The number of hydrogen-bond acceptors (Lipinski definition) is 5. The molecule has 0 bridgehead atoms. The van der Waals surface area contributed by atoms with Crippen LogP contribution in [0.15, 0.2) is 12.3 Å². The normalized spacial score (nSPS) is 16.9. The van der Waals surface area contributed by atoms with Crippen molar-refractivity contribution in [3.63, 3.8) is 0 Å². The summed E-state index contributed by atoms with van der Waals surface area (Å²) in [5, 5.41) is 26.4. The van der Waals surface area contributed by atoms with Crippen LogP contribution in [0.4, 0.5) is 0 Å². The first-order valence-electron chi connectivity index (χ1n) is 5.94. The Bertz CT molecular complexity index is 423. The lowest BCUT2D eigenvalue weighted by atomic mass is 10.0. The number of carboxylic acid groups (broad SMARTS) is 2. The fourth-order valence-electron chi connectivity index (χ4n) is 1.56. The van der Waals surface area contributed by atoms with E-state index in [4.69, 9.17) is 15.9 Å². The molecular weight excluding hydrogens is 289 g/mol. The number of rotatable bonds is 10. The Labute approximate surface area is 116 Å². The van der Waals surface area contributed by atoms with Gasteiger partial charge in [0.15, 0.2) is 0 Å². The third kappa shape index (κ3) is 7.93. The Hall–Kier alpha value is -1.37. The molecule has 0 aromatic heterocycles. The van der Waals surface area contributed by atoms with E-state index in [2.05, 4.69) is 6.58 Å². The fraction of sp³-hybridized carbons (Fsp3) is 0.636. The molecule has 0 fully saturated rings. The van der Waals surface area contributed by atoms with Crippen LogP contribution in [0.25, 0.3) is 0 Å². The topological polar surface area (TPSA) is 158 Å². The third-order valence-electron chi connectivity index (χ3n) is 2.79. The van der Waals surface area contributed by atoms with Crippen molar-refractivity contribution in [2.45, 2.75) is 25.3 Å². The maximum Gasteiger partial charge on any atom is 0.320 e. The highest BCUT2D eigenvalue weighted by molar-refractivity contribution is 7.58. The first kappa shape index (κ1) is 18.6. The molecule has 3 unspecified atom stereocenters. The van der Waals surface area contributed by atoms with Crippen LogP contribution in [0.2, 0.25) is 0 Å². The zero-order chi connectivity index (χ0) is 15.9. The lowest BCUT2D eigenvalue weighted by Crippen LogP contribution is -2.31. The van der Waals surface area contributed by atoms with E-state index in [1.54, 1.807) is 0 Å². The van der Waals surface area contributed by atoms with E-state index in [9.17, 15) is 24.2 Å². The number of aliphatic hydroxyl groups excluding tert-OH is 1. The number of carboxylic acids is 2. The van der Waals surface area contributed by atoms with Gasteiger partial charge in [0, 0.05) is 24.7 Å². The van der Waals surface area contributed by atoms with E-state index in [1.807, 2.05) is 0 Å². The number of allylic oxidation sites excluding steroid dienone is 1. The zero-order valence-electron chi connectivity index (χ0n) is 10.9. The Morgan fingerprint density at radius 3 is 2.15 bits per heavy atom. The van der Waals surface area contributed by atoms with Crippen molar-refractivity contribution in [3.8, 4) is 0 Å². The highest BCUT2D eigenvalue weighted by Crippen LogP contribution is 2.45. The Kier molecular flexibility index (Phi) is 7.49. The summed E-state index contributed by atoms with van der Waals surface area (Å²) in [7, 11) is -3.71. The summed E-state index contributed by atoms with van der Waals surface area (Å²) in [5.74, 6) is -3.53. The van der Waals surface area contributed by atoms with E-state index in [0.29, 0.717) is 0 Å². The number of carbonyl (C=O) groups is 2. The Morgan fingerprint density at radius 2 is 1.75 bits per heavy atom. The van der Waals surface area contributed by atoms with E-state index < -0.39 is 31.3 Å². The number of aliphatic carboxylic acids is 2. The number of hydrogen-bond donors (Lipinski definition) is 5. The van der Waals surface area contributed by atoms with Gasteiger partial charge in [0.25, 0.3) is 0 Å². The maximum atomic E-state index is 11.9. The molecule has 8 nitrogen and oxygen atoms in total. The number of nitrogens with two attached hydrogens (primary N) is 1. The van der Waals surface area contributed by atoms with E-state index in [1.165, 1.54) is 0 Å². The molecule has 9 heteroatoms. The quantitative estimate of drug-likeness (QED) is 0.290.